The van der Waals surface area contributed by atoms with Crippen molar-refractivity contribution in [3.8, 4) is 5.75 Å². The molecule has 6 heteroatoms. The molecule has 25 heavy (non-hydrogen) atoms. The second-order valence-electron chi connectivity index (χ2n) is 5.40. The summed E-state index contributed by atoms with van der Waals surface area (Å²) in [6, 6.07) is 14.1. The molecular weight excluding hydrogens is 342 g/mol. The maximum absolute atomic E-state index is 12.0. The number of hydrogen-bond acceptors (Lipinski definition) is 4. The minimum Gasteiger partial charge on any atom is -0.459 e. The average Bonchev–Trinajstić information content (AvgIpc) is 3.16. The van der Waals surface area contributed by atoms with Gasteiger partial charge in [0.25, 0.3) is 5.91 Å². The van der Waals surface area contributed by atoms with Crippen molar-refractivity contribution in [1.82, 2.24) is 5.32 Å². The van der Waals surface area contributed by atoms with Crippen LogP contribution in [0.15, 0.2) is 59.2 Å². The quantitative estimate of drug-likeness (QED) is 0.408. The van der Waals surface area contributed by atoms with Gasteiger partial charge in [-0.05, 0) is 30.7 Å². The molecule has 0 aliphatic rings. The number of nitrogens with one attached hydrogen (secondary N) is 1. The van der Waals surface area contributed by atoms with Gasteiger partial charge in [-0.2, -0.15) is 0 Å². The Labute approximate surface area is 149 Å². The molecule has 0 fully saturated rings. The molecule has 0 saturated heterocycles. The van der Waals surface area contributed by atoms with E-state index in [1.807, 2.05) is 24.3 Å². The molecule has 0 bridgehead atoms. The third-order valence-corrected chi connectivity index (χ3v) is 3.97. The number of amides is 1. The second kappa shape index (κ2) is 7.85. The third kappa shape index (κ3) is 4.19. The number of carbonyl (C=O) groups excluding carboxylic acids is 2. The third-order valence-electron chi connectivity index (χ3n) is 3.64. The zero-order chi connectivity index (χ0) is 17.6. The molecule has 0 atom stereocenters. The highest BCUT2D eigenvalue weighted by atomic mass is 35.5. The first-order valence-electron chi connectivity index (χ1n) is 7.85. The predicted octanol–water partition coefficient (Wildman–Crippen LogP) is 4.20. The van der Waals surface area contributed by atoms with Crippen LogP contribution in [-0.2, 0) is 4.79 Å². The van der Waals surface area contributed by atoms with Gasteiger partial charge >= 0.3 is 5.97 Å². The molecule has 0 radical (unpaired) electrons. The van der Waals surface area contributed by atoms with Crippen molar-refractivity contribution in [2.75, 3.05) is 6.54 Å². The predicted molar refractivity (Wildman–Crippen MR) is 94.9 cm³/mol. The minimum absolute atomic E-state index is 0.190. The van der Waals surface area contributed by atoms with Crippen LogP contribution in [0.5, 0.6) is 5.75 Å². The SMILES string of the molecule is O=C(CCCNC(=O)c1ccco1)Oc1ccc(Cl)c2ccccc12. The highest BCUT2D eigenvalue weighted by Gasteiger charge is 2.11. The fourth-order valence-electron chi connectivity index (χ4n) is 2.43. The summed E-state index contributed by atoms with van der Waals surface area (Å²) in [5, 5.41) is 4.91. The summed E-state index contributed by atoms with van der Waals surface area (Å²) in [5.41, 5.74) is 0. The molecule has 0 unspecified atom stereocenters. The monoisotopic (exact) mass is 357 g/mol. The van der Waals surface area contributed by atoms with Gasteiger partial charge in [-0.25, -0.2) is 0 Å². The van der Waals surface area contributed by atoms with Crippen LogP contribution in [-0.4, -0.2) is 18.4 Å². The van der Waals surface area contributed by atoms with E-state index >= 15 is 0 Å². The molecule has 1 N–H and O–H groups in total. The molecular formula is C19H16ClNO4. The van der Waals surface area contributed by atoms with Crippen molar-refractivity contribution < 1.29 is 18.7 Å². The average molecular weight is 358 g/mol. The van der Waals surface area contributed by atoms with Crippen LogP contribution < -0.4 is 10.1 Å². The van der Waals surface area contributed by atoms with Crippen LogP contribution in [0.4, 0.5) is 0 Å². The molecule has 0 aliphatic carbocycles. The maximum Gasteiger partial charge on any atom is 0.311 e. The van der Waals surface area contributed by atoms with Gasteiger partial charge in [-0.15, -0.1) is 0 Å². The molecule has 0 aliphatic heterocycles. The normalized spacial score (nSPS) is 10.6. The number of furan rings is 1. The number of ether oxygens (including phenoxy) is 1. The Balaban J connectivity index is 1.52. The summed E-state index contributed by atoms with van der Waals surface area (Å²) < 4.78 is 10.4. The maximum atomic E-state index is 12.0. The van der Waals surface area contributed by atoms with E-state index in [1.165, 1.54) is 6.26 Å². The number of rotatable bonds is 6. The van der Waals surface area contributed by atoms with Crippen molar-refractivity contribution in [2.24, 2.45) is 0 Å². The van der Waals surface area contributed by atoms with Gasteiger partial charge in [0, 0.05) is 28.8 Å². The number of esters is 1. The zero-order valence-electron chi connectivity index (χ0n) is 13.3. The van der Waals surface area contributed by atoms with Crippen LogP contribution in [0.3, 0.4) is 0 Å². The Morgan fingerprint density at radius 2 is 1.84 bits per heavy atom. The smallest absolute Gasteiger partial charge is 0.311 e. The lowest BCUT2D eigenvalue weighted by atomic mass is 10.1. The minimum atomic E-state index is -0.361. The fourth-order valence-corrected chi connectivity index (χ4v) is 2.65. The van der Waals surface area contributed by atoms with E-state index in [-0.39, 0.29) is 24.1 Å². The van der Waals surface area contributed by atoms with Crippen molar-refractivity contribution in [3.05, 3.63) is 65.6 Å². The zero-order valence-corrected chi connectivity index (χ0v) is 14.1. The van der Waals surface area contributed by atoms with Crippen molar-refractivity contribution in [1.29, 1.82) is 0 Å². The number of carbonyl (C=O) groups is 2. The molecule has 1 aromatic heterocycles. The van der Waals surface area contributed by atoms with Gasteiger partial charge in [-0.3, -0.25) is 9.59 Å². The van der Waals surface area contributed by atoms with E-state index < -0.39 is 0 Å². The van der Waals surface area contributed by atoms with E-state index in [0.29, 0.717) is 23.7 Å². The van der Waals surface area contributed by atoms with Gasteiger partial charge in [0.15, 0.2) is 5.76 Å². The fraction of sp³-hybridized carbons (Fsp3) is 0.158. The number of hydrogen-bond donors (Lipinski definition) is 1. The van der Waals surface area contributed by atoms with E-state index in [2.05, 4.69) is 5.32 Å². The molecule has 5 nitrogen and oxygen atoms in total. The van der Waals surface area contributed by atoms with Gasteiger partial charge in [-0.1, -0.05) is 35.9 Å². The summed E-state index contributed by atoms with van der Waals surface area (Å²) in [4.78, 5) is 23.7. The Morgan fingerprint density at radius 3 is 2.60 bits per heavy atom. The summed E-state index contributed by atoms with van der Waals surface area (Å²) in [5.74, 6) is 0.0571. The second-order valence-corrected chi connectivity index (χ2v) is 5.81. The van der Waals surface area contributed by atoms with Crippen LogP contribution in [0.25, 0.3) is 10.8 Å². The van der Waals surface area contributed by atoms with Crippen LogP contribution in [0, 0.1) is 0 Å². The van der Waals surface area contributed by atoms with Crippen LogP contribution in [0.2, 0.25) is 5.02 Å². The Bertz CT molecular complexity index is 890. The summed E-state index contributed by atoms with van der Waals surface area (Å²) in [6.07, 6.45) is 2.09. The first kappa shape index (κ1) is 17.0. The highest BCUT2D eigenvalue weighted by molar-refractivity contribution is 6.35. The van der Waals surface area contributed by atoms with E-state index in [0.717, 1.165) is 10.8 Å². The first-order valence-corrected chi connectivity index (χ1v) is 8.22. The lowest BCUT2D eigenvalue weighted by Crippen LogP contribution is -2.24. The Kier molecular flexibility index (Phi) is 5.36. The number of benzene rings is 2. The largest absolute Gasteiger partial charge is 0.459 e. The van der Waals surface area contributed by atoms with E-state index in [4.69, 9.17) is 20.8 Å². The summed E-state index contributed by atoms with van der Waals surface area (Å²) >= 11 is 6.15. The van der Waals surface area contributed by atoms with Crippen LogP contribution in [0.1, 0.15) is 23.4 Å². The van der Waals surface area contributed by atoms with Gasteiger partial charge in [0.1, 0.15) is 5.75 Å². The summed E-state index contributed by atoms with van der Waals surface area (Å²) in [6.45, 7) is 0.357. The lowest BCUT2D eigenvalue weighted by Gasteiger charge is -2.09. The topological polar surface area (TPSA) is 68.5 Å². The van der Waals surface area contributed by atoms with Gasteiger partial charge in [0.2, 0.25) is 0 Å². The summed E-state index contributed by atoms with van der Waals surface area (Å²) in [7, 11) is 0. The molecule has 128 valence electrons. The van der Waals surface area contributed by atoms with Crippen molar-refractivity contribution >= 4 is 34.2 Å². The molecule has 3 rings (SSSR count). The van der Waals surface area contributed by atoms with Crippen molar-refractivity contribution in [2.45, 2.75) is 12.8 Å². The molecule has 0 saturated carbocycles. The number of halogens is 1. The highest BCUT2D eigenvalue weighted by Crippen LogP contribution is 2.31. The number of fused-ring (bicyclic) bond motifs is 1. The Morgan fingerprint density at radius 1 is 1.04 bits per heavy atom. The van der Waals surface area contributed by atoms with Crippen LogP contribution >= 0.6 is 11.6 Å². The molecule has 2 aromatic carbocycles. The Hall–Kier alpha value is -2.79. The molecule has 0 spiro atoms. The lowest BCUT2D eigenvalue weighted by molar-refractivity contribution is -0.134. The molecule has 1 amide bonds. The van der Waals surface area contributed by atoms with E-state index in [9.17, 15) is 9.59 Å². The molecule has 3 aromatic rings. The van der Waals surface area contributed by atoms with Gasteiger partial charge < -0.3 is 14.5 Å². The molecule has 1 heterocycles. The standard InChI is InChI=1S/C19H16ClNO4/c20-15-9-10-16(14-6-2-1-5-13(14)15)25-18(22)8-3-11-21-19(23)17-7-4-12-24-17/h1-2,4-7,9-10,12H,3,8,11H2,(H,21,23). The van der Waals surface area contributed by atoms with Gasteiger partial charge in [0.05, 0.1) is 6.26 Å². The van der Waals surface area contributed by atoms with E-state index in [1.54, 1.807) is 24.3 Å². The van der Waals surface area contributed by atoms with Crippen molar-refractivity contribution in [3.63, 3.8) is 0 Å². The first-order chi connectivity index (χ1) is 12.1.